The molecular weight excluding hydrogens is 281 g/mol. The molecule has 1 aliphatic heterocycles. The molecule has 19 heavy (non-hydrogen) atoms. The zero-order chi connectivity index (χ0) is 14.2. The highest BCUT2D eigenvalue weighted by Crippen LogP contribution is 2.46. The number of amides is 1. The van der Waals surface area contributed by atoms with Crippen LogP contribution in [0.25, 0.3) is 0 Å². The van der Waals surface area contributed by atoms with E-state index < -0.39 is 11.5 Å². The molecule has 8 heteroatoms. The molecule has 2 radical (unpaired) electrons. The lowest BCUT2D eigenvalue weighted by atomic mass is 9.85. The predicted molar refractivity (Wildman–Crippen MR) is 79.3 cm³/mol. The van der Waals surface area contributed by atoms with Crippen LogP contribution in [-0.2, 0) is 14.1 Å². The normalized spacial score (nSPS) is 37.7. The Morgan fingerprint density at radius 3 is 2.68 bits per heavy atom. The van der Waals surface area contributed by atoms with Crippen molar-refractivity contribution >= 4 is 38.6 Å². The molecule has 6 unspecified atom stereocenters. The minimum atomic E-state index is -0.946. The first-order valence-corrected chi connectivity index (χ1v) is 7.06. The number of nitrogens with zero attached hydrogens (tertiary/aromatic N) is 1. The fourth-order valence-electron chi connectivity index (χ4n) is 2.56. The Balaban J connectivity index is 2.05. The minimum absolute atomic E-state index is 0.0210. The van der Waals surface area contributed by atoms with E-state index in [9.17, 15) is 9.59 Å². The monoisotopic (exact) mass is 298 g/mol. The fourth-order valence-corrected chi connectivity index (χ4v) is 3.30. The van der Waals surface area contributed by atoms with Crippen molar-refractivity contribution in [2.45, 2.75) is 30.2 Å². The molecule has 6 atom stereocenters. The second-order valence-corrected chi connectivity index (χ2v) is 6.02. The molecule has 1 aliphatic carbocycles. The summed E-state index contributed by atoms with van der Waals surface area (Å²) in [6.45, 7) is 4.31. The summed E-state index contributed by atoms with van der Waals surface area (Å²) in [5, 5.41) is 2.80. The van der Waals surface area contributed by atoms with Crippen LogP contribution in [-0.4, -0.2) is 42.5 Å². The van der Waals surface area contributed by atoms with Gasteiger partial charge < -0.3 is 9.84 Å². The molecule has 1 N–H and O–H groups in total. The van der Waals surface area contributed by atoms with Crippen molar-refractivity contribution in [3.63, 3.8) is 0 Å². The molecule has 2 aliphatic rings. The average molecular weight is 298 g/mol. The highest BCUT2D eigenvalue weighted by atomic mass is 31.0. The van der Waals surface area contributed by atoms with Crippen LogP contribution in [0, 0.1) is 5.92 Å². The van der Waals surface area contributed by atoms with Gasteiger partial charge in [0.25, 0.3) is 0 Å². The van der Waals surface area contributed by atoms with E-state index in [2.05, 4.69) is 21.3 Å². The van der Waals surface area contributed by atoms with Crippen LogP contribution >= 0.6 is 18.9 Å². The lowest BCUT2D eigenvalue weighted by molar-refractivity contribution is -0.140. The Bertz CT molecular complexity index is 423. The van der Waals surface area contributed by atoms with Crippen molar-refractivity contribution < 1.29 is 14.1 Å². The van der Waals surface area contributed by atoms with E-state index in [4.69, 9.17) is 12.4 Å². The van der Waals surface area contributed by atoms with Gasteiger partial charge in [-0.15, -0.1) is 6.58 Å². The lowest BCUT2D eigenvalue weighted by Gasteiger charge is -2.22. The molecule has 1 saturated heterocycles. The first-order valence-electron chi connectivity index (χ1n) is 6.07. The molecule has 0 aromatic carbocycles. The number of rotatable bonds is 4. The SMILES string of the molecule is [B]C1CC(C(=O)NC2(C(=O)OP)CC2C=C)N(P)C1. The average Bonchev–Trinajstić information content (AvgIpc) is 2.98. The first kappa shape index (κ1) is 15.0. The Hall–Kier alpha value is -0.435. The van der Waals surface area contributed by atoms with Crippen molar-refractivity contribution in [2.24, 2.45) is 5.92 Å². The van der Waals surface area contributed by atoms with Crippen molar-refractivity contribution in [1.29, 1.82) is 0 Å². The summed E-state index contributed by atoms with van der Waals surface area (Å²) in [5.41, 5.74) is -0.946. The number of hydrogen-bond donors (Lipinski definition) is 1. The zero-order valence-electron chi connectivity index (χ0n) is 10.5. The summed E-state index contributed by atoms with van der Waals surface area (Å²) in [4.78, 5) is 24.1. The van der Waals surface area contributed by atoms with E-state index in [1.54, 1.807) is 6.08 Å². The van der Waals surface area contributed by atoms with Gasteiger partial charge in [0.2, 0.25) is 5.91 Å². The second kappa shape index (κ2) is 5.51. The van der Waals surface area contributed by atoms with Crippen molar-refractivity contribution in [3.05, 3.63) is 12.7 Å². The number of hydrogen-bond acceptors (Lipinski definition) is 4. The van der Waals surface area contributed by atoms with Crippen LogP contribution in [0.3, 0.4) is 0 Å². The highest BCUT2D eigenvalue weighted by Gasteiger charge is 2.61. The van der Waals surface area contributed by atoms with Gasteiger partial charge in [-0.05, 0) is 19.4 Å². The topological polar surface area (TPSA) is 58.6 Å². The maximum absolute atomic E-state index is 12.3. The molecule has 5 nitrogen and oxygen atoms in total. The van der Waals surface area contributed by atoms with E-state index in [1.165, 1.54) is 0 Å². The van der Waals surface area contributed by atoms with Gasteiger partial charge in [-0.3, -0.25) is 9.46 Å². The van der Waals surface area contributed by atoms with Crippen LogP contribution < -0.4 is 5.32 Å². The van der Waals surface area contributed by atoms with Gasteiger partial charge in [0.05, 0.1) is 23.4 Å². The van der Waals surface area contributed by atoms with Gasteiger partial charge in [-0.25, -0.2) is 4.79 Å². The van der Waals surface area contributed by atoms with Crippen molar-refractivity contribution in [2.75, 3.05) is 6.54 Å². The maximum atomic E-state index is 12.3. The highest BCUT2D eigenvalue weighted by molar-refractivity contribution is 7.13. The first-order chi connectivity index (χ1) is 8.94. The summed E-state index contributed by atoms with van der Waals surface area (Å²) in [6.07, 6.45) is 2.78. The maximum Gasteiger partial charge on any atom is 0.334 e. The Kier molecular flexibility index (Phi) is 4.34. The van der Waals surface area contributed by atoms with E-state index in [1.807, 2.05) is 14.1 Å². The van der Waals surface area contributed by atoms with Gasteiger partial charge in [-0.2, -0.15) is 0 Å². The van der Waals surface area contributed by atoms with Gasteiger partial charge in [0.1, 0.15) is 5.54 Å². The molecule has 1 saturated carbocycles. The predicted octanol–water partition coefficient (Wildman–Crippen LogP) is 0.202. The molecule has 102 valence electrons. The van der Waals surface area contributed by atoms with Crippen LogP contribution in [0.2, 0.25) is 5.82 Å². The van der Waals surface area contributed by atoms with Crippen molar-refractivity contribution in [1.82, 2.24) is 9.99 Å². The molecule has 1 amide bonds. The summed E-state index contributed by atoms with van der Waals surface area (Å²) < 4.78 is 6.52. The van der Waals surface area contributed by atoms with Crippen LogP contribution in [0.5, 0.6) is 0 Å². The largest absolute Gasteiger partial charge is 0.450 e. The van der Waals surface area contributed by atoms with E-state index >= 15 is 0 Å². The fraction of sp³-hybridized carbons (Fsp3) is 0.636. The van der Waals surface area contributed by atoms with E-state index in [0.29, 0.717) is 19.4 Å². The molecule has 0 aromatic heterocycles. The van der Waals surface area contributed by atoms with Crippen LogP contribution in [0.15, 0.2) is 12.7 Å². The van der Waals surface area contributed by atoms with E-state index in [-0.39, 0.29) is 23.7 Å². The summed E-state index contributed by atoms with van der Waals surface area (Å²) in [6, 6.07) is -0.319. The Morgan fingerprint density at radius 1 is 1.58 bits per heavy atom. The van der Waals surface area contributed by atoms with Crippen LogP contribution in [0.4, 0.5) is 0 Å². The minimum Gasteiger partial charge on any atom is -0.450 e. The third-order valence-corrected chi connectivity index (χ3v) is 4.58. The number of carbonyl (C=O) groups excluding carboxylic acids is 2. The second-order valence-electron chi connectivity index (χ2n) is 5.12. The molecule has 2 fully saturated rings. The molecule has 0 bridgehead atoms. The Morgan fingerprint density at radius 2 is 2.26 bits per heavy atom. The molecule has 2 rings (SSSR count). The standard InChI is InChI=1S/C11H17BN2O3P2/c1-2-6-4-11(6,10(16)17-19)13-9(15)8-3-7(12)5-14(8)18/h2,6-8H,1,3-5,18-19H2,(H,13,15). The smallest absolute Gasteiger partial charge is 0.334 e. The molecule has 1 heterocycles. The summed E-state index contributed by atoms with van der Waals surface area (Å²) >= 11 is 0. The summed E-state index contributed by atoms with van der Waals surface area (Å²) in [5.74, 6) is -0.735. The third kappa shape index (κ3) is 2.72. The van der Waals surface area contributed by atoms with Crippen LogP contribution in [0.1, 0.15) is 12.8 Å². The zero-order valence-corrected chi connectivity index (χ0v) is 12.9. The van der Waals surface area contributed by atoms with Gasteiger partial charge in [0.15, 0.2) is 0 Å². The molecular formula is C11H17BN2O3P2. The number of nitrogens with one attached hydrogen (secondary N) is 1. The third-order valence-electron chi connectivity index (χ3n) is 3.79. The van der Waals surface area contributed by atoms with Crippen molar-refractivity contribution in [3.8, 4) is 0 Å². The lowest BCUT2D eigenvalue weighted by Crippen LogP contribution is -2.50. The molecule has 0 spiro atoms. The Labute approximate surface area is 118 Å². The summed E-state index contributed by atoms with van der Waals surface area (Å²) in [7, 11) is 10.3. The molecule has 0 aromatic rings. The van der Waals surface area contributed by atoms with Gasteiger partial charge in [-0.1, -0.05) is 21.3 Å². The number of carbonyl (C=O) groups is 2. The van der Waals surface area contributed by atoms with Gasteiger partial charge in [0, 0.05) is 5.92 Å². The quantitative estimate of drug-likeness (QED) is 0.458. The van der Waals surface area contributed by atoms with E-state index in [0.717, 1.165) is 0 Å². The van der Waals surface area contributed by atoms with Gasteiger partial charge >= 0.3 is 5.97 Å².